The predicted octanol–water partition coefficient (Wildman–Crippen LogP) is 2.65. The number of benzene rings is 1. The van der Waals surface area contributed by atoms with Crippen LogP contribution in [0.1, 0.15) is 47.0 Å². The van der Waals surface area contributed by atoms with Crippen LogP contribution in [-0.4, -0.2) is 49.6 Å². The highest BCUT2D eigenvalue weighted by Gasteiger charge is 2.29. The second-order valence-corrected chi connectivity index (χ2v) is 8.55. The van der Waals surface area contributed by atoms with Crippen molar-refractivity contribution in [3.63, 3.8) is 0 Å². The number of nitrogens with one attached hydrogen (secondary N) is 2. The summed E-state index contributed by atoms with van der Waals surface area (Å²) in [5, 5.41) is 2.66. The molecule has 0 spiro atoms. The number of rotatable bonds is 6. The molecule has 3 rings (SSSR count). The molecule has 0 aliphatic carbocycles. The molecule has 0 bridgehead atoms. The molecule has 0 radical (unpaired) electrons. The molecule has 8 nitrogen and oxygen atoms in total. The maximum Gasteiger partial charge on any atom is 0.272 e. The topological polar surface area (TPSA) is 109 Å². The monoisotopic (exact) mass is 405 g/mol. The molecule has 1 aromatic heterocycles. The number of sulfonamides is 1. The van der Waals surface area contributed by atoms with Gasteiger partial charge in [0.05, 0.1) is 7.11 Å². The number of carbonyl (C=O) groups excluding carboxylic acids is 2. The van der Waals surface area contributed by atoms with E-state index < -0.39 is 15.9 Å². The highest BCUT2D eigenvalue weighted by atomic mass is 32.2. The number of carbonyl (C=O) groups is 2. The van der Waals surface area contributed by atoms with Crippen molar-refractivity contribution in [2.75, 3.05) is 25.5 Å². The maximum atomic E-state index is 13.0. The summed E-state index contributed by atoms with van der Waals surface area (Å²) in [6, 6.07) is 5.94. The summed E-state index contributed by atoms with van der Waals surface area (Å²) < 4.78 is 32.8. The van der Waals surface area contributed by atoms with Gasteiger partial charge >= 0.3 is 0 Å². The smallest absolute Gasteiger partial charge is 0.272 e. The SMILES string of the molecule is COc1ccc(NC(=O)c2cc(C(C)=O)c[nH]2)cc1S(=O)(=O)N1CCCCC1. The van der Waals surface area contributed by atoms with Crippen molar-refractivity contribution < 1.29 is 22.7 Å². The predicted molar refractivity (Wildman–Crippen MR) is 104 cm³/mol. The van der Waals surface area contributed by atoms with Crippen LogP contribution in [0.4, 0.5) is 5.69 Å². The van der Waals surface area contributed by atoms with Gasteiger partial charge in [0.1, 0.15) is 16.3 Å². The van der Waals surface area contributed by atoms with Gasteiger partial charge in [-0.05, 0) is 44.0 Å². The molecular weight excluding hydrogens is 382 g/mol. The number of aromatic amines is 1. The fourth-order valence-corrected chi connectivity index (χ4v) is 4.83. The van der Waals surface area contributed by atoms with Crippen LogP contribution in [0.5, 0.6) is 5.75 Å². The Hall–Kier alpha value is -2.65. The number of Topliss-reactive ketones (excluding diaryl/α,β-unsaturated/α-hetero) is 1. The number of ether oxygens (including phenoxy) is 1. The molecule has 1 aliphatic rings. The van der Waals surface area contributed by atoms with Gasteiger partial charge in [-0.25, -0.2) is 8.42 Å². The normalized spacial score (nSPS) is 15.2. The minimum Gasteiger partial charge on any atom is -0.495 e. The molecule has 9 heteroatoms. The first-order chi connectivity index (χ1) is 13.3. The van der Waals surface area contributed by atoms with Crippen molar-refractivity contribution in [1.29, 1.82) is 0 Å². The average Bonchev–Trinajstić information content (AvgIpc) is 3.19. The van der Waals surface area contributed by atoms with E-state index in [1.165, 1.54) is 42.7 Å². The van der Waals surface area contributed by atoms with Crippen LogP contribution >= 0.6 is 0 Å². The number of ketones is 1. The van der Waals surface area contributed by atoms with E-state index in [9.17, 15) is 18.0 Å². The molecular formula is C19H23N3O5S. The van der Waals surface area contributed by atoms with Crippen molar-refractivity contribution in [2.45, 2.75) is 31.1 Å². The van der Waals surface area contributed by atoms with Crippen LogP contribution in [0.15, 0.2) is 35.4 Å². The van der Waals surface area contributed by atoms with Crippen LogP contribution in [0.2, 0.25) is 0 Å². The first-order valence-corrected chi connectivity index (χ1v) is 10.5. The standard InChI is InChI=1S/C19H23N3O5S/c1-13(23)14-10-16(20-12-14)19(24)21-15-6-7-17(27-2)18(11-15)28(25,26)22-8-4-3-5-9-22/h6-7,10-12,20H,3-5,8-9H2,1-2H3,(H,21,24). The van der Waals surface area contributed by atoms with E-state index in [2.05, 4.69) is 10.3 Å². The number of H-pyrrole nitrogens is 1. The zero-order valence-corrected chi connectivity index (χ0v) is 16.6. The maximum absolute atomic E-state index is 13.0. The first-order valence-electron chi connectivity index (χ1n) is 9.02. The van der Waals surface area contributed by atoms with E-state index in [0.29, 0.717) is 24.3 Å². The quantitative estimate of drug-likeness (QED) is 0.718. The van der Waals surface area contributed by atoms with Crippen LogP contribution in [0, 0.1) is 0 Å². The van der Waals surface area contributed by atoms with Gasteiger partial charge < -0.3 is 15.0 Å². The lowest BCUT2D eigenvalue weighted by Gasteiger charge is -2.26. The zero-order valence-electron chi connectivity index (χ0n) is 15.8. The number of hydrogen-bond acceptors (Lipinski definition) is 5. The molecule has 1 aromatic carbocycles. The van der Waals surface area contributed by atoms with Gasteiger partial charge in [-0.3, -0.25) is 9.59 Å². The summed E-state index contributed by atoms with van der Waals surface area (Å²) in [6.07, 6.45) is 4.11. The molecule has 1 saturated heterocycles. The van der Waals surface area contributed by atoms with Crippen molar-refractivity contribution in [1.82, 2.24) is 9.29 Å². The number of aromatic nitrogens is 1. The lowest BCUT2D eigenvalue weighted by Crippen LogP contribution is -2.35. The van der Waals surface area contributed by atoms with Crippen LogP contribution in [0.25, 0.3) is 0 Å². The van der Waals surface area contributed by atoms with E-state index >= 15 is 0 Å². The molecule has 1 amide bonds. The zero-order chi connectivity index (χ0) is 20.3. The van der Waals surface area contributed by atoms with Gasteiger partial charge in [-0.15, -0.1) is 0 Å². The van der Waals surface area contributed by atoms with E-state index in [1.54, 1.807) is 6.07 Å². The Morgan fingerprint density at radius 1 is 1.14 bits per heavy atom. The minimum absolute atomic E-state index is 0.0191. The van der Waals surface area contributed by atoms with Crippen molar-refractivity contribution in [3.8, 4) is 5.75 Å². The van der Waals surface area contributed by atoms with Crippen LogP contribution < -0.4 is 10.1 Å². The Kier molecular flexibility index (Phi) is 5.85. The minimum atomic E-state index is -3.73. The molecule has 0 saturated carbocycles. The van der Waals surface area contributed by atoms with Gasteiger partial charge in [0.2, 0.25) is 10.0 Å². The third-order valence-electron chi connectivity index (χ3n) is 4.69. The van der Waals surface area contributed by atoms with Crippen LogP contribution in [0.3, 0.4) is 0 Å². The molecule has 2 aromatic rings. The van der Waals surface area contributed by atoms with E-state index in [0.717, 1.165) is 19.3 Å². The first kappa shape index (κ1) is 20.1. The second-order valence-electron chi connectivity index (χ2n) is 6.64. The van der Waals surface area contributed by atoms with Gasteiger partial charge in [0, 0.05) is 30.5 Å². The Bertz CT molecular complexity index is 991. The Balaban J connectivity index is 1.87. The summed E-state index contributed by atoms with van der Waals surface area (Å²) >= 11 is 0. The molecule has 2 heterocycles. The van der Waals surface area contributed by atoms with Crippen molar-refractivity contribution in [3.05, 3.63) is 41.7 Å². The number of hydrogen-bond donors (Lipinski definition) is 2. The Labute approximate surface area is 163 Å². The molecule has 1 aliphatic heterocycles. The third-order valence-corrected chi connectivity index (χ3v) is 6.61. The third kappa shape index (κ3) is 4.10. The average molecular weight is 405 g/mol. The molecule has 0 atom stereocenters. The highest BCUT2D eigenvalue weighted by Crippen LogP contribution is 2.31. The fraction of sp³-hybridized carbons (Fsp3) is 0.368. The lowest BCUT2D eigenvalue weighted by atomic mass is 10.2. The Morgan fingerprint density at radius 3 is 2.46 bits per heavy atom. The molecule has 28 heavy (non-hydrogen) atoms. The molecule has 1 fully saturated rings. The summed E-state index contributed by atoms with van der Waals surface area (Å²) in [4.78, 5) is 26.6. The van der Waals surface area contributed by atoms with Crippen molar-refractivity contribution >= 4 is 27.4 Å². The van der Waals surface area contributed by atoms with Crippen LogP contribution in [-0.2, 0) is 10.0 Å². The number of nitrogens with zero attached hydrogens (tertiary/aromatic N) is 1. The molecule has 0 unspecified atom stereocenters. The molecule has 150 valence electrons. The number of anilines is 1. The number of piperidine rings is 1. The van der Waals surface area contributed by atoms with Gasteiger partial charge in [0.15, 0.2) is 5.78 Å². The second kappa shape index (κ2) is 8.15. The largest absolute Gasteiger partial charge is 0.495 e. The molecule has 2 N–H and O–H groups in total. The summed E-state index contributed by atoms with van der Waals surface area (Å²) in [5.74, 6) is -0.407. The summed E-state index contributed by atoms with van der Waals surface area (Å²) in [5.41, 5.74) is 0.926. The van der Waals surface area contributed by atoms with Crippen molar-refractivity contribution in [2.24, 2.45) is 0 Å². The summed E-state index contributed by atoms with van der Waals surface area (Å²) in [7, 11) is -2.32. The van der Waals surface area contributed by atoms with Gasteiger partial charge in [-0.2, -0.15) is 4.31 Å². The fourth-order valence-electron chi connectivity index (χ4n) is 3.13. The van der Waals surface area contributed by atoms with E-state index in [1.807, 2.05) is 0 Å². The van der Waals surface area contributed by atoms with Gasteiger partial charge in [0.25, 0.3) is 5.91 Å². The van der Waals surface area contributed by atoms with E-state index in [-0.39, 0.29) is 22.1 Å². The number of methoxy groups -OCH3 is 1. The summed E-state index contributed by atoms with van der Waals surface area (Å²) in [6.45, 7) is 2.35. The lowest BCUT2D eigenvalue weighted by molar-refractivity contribution is 0.101. The van der Waals surface area contributed by atoms with E-state index in [4.69, 9.17) is 4.74 Å². The van der Waals surface area contributed by atoms with Gasteiger partial charge in [-0.1, -0.05) is 6.42 Å². The number of amides is 1. The Morgan fingerprint density at radius 2 is 1.86 bits per heavy atom. The highest BCUT2D eigenvalue weighted by molar-refractivity contribution is 7.89.